The fourth-order valence-electron chi connectivity index (χ4n) is 2.19. The summed E-state index contributed by atoms with van der Waals surface area (Å²) in [5, 5.41) is -0.441. The molecule has 0 aliphatic carbocycles. The summed E-state index contributed by atoms with van der Waals surface area (Å²) in [6.07, 6.45) is 1.67. The Bertz CT molecular complexity index is 921. The number of furan rings is 1. The summed E-state index contributed by atoms with van der Waals surface area (Å²) in [4.78, 5) is 13.9. The standard InChI is InChI=1S/C17H9ClF3NO2S2/c18-13-7-6-10(9-12(13)17(19,20)21)22-15(23)14(26-16(22)25)5-1-3-11-4-2-8-24-11/h1-9H/b3-1+,14-5-. The van der Waals surface area contributed by atoms with E-state index in [1.807, 2.05) is 0 Å². The Morgan fingerprint density at radius 1 is 1.27 bits per heavy atom. The molecular formula is C17H9ClF3NO2S2. The first-order chi connectivity index (χ1) is 12.3. The molecule has 1 aromatic carbocycles. The van der Waals surface area contributed by atoms with Gasteiger partial charge in [0.15, 0.2) is 4.32 Å². The van der Waals surface area contributed by atoms with E-state index in [2.05, 4.69) is 0 Å². The minimum Gasteiger partial charge on any atom is -0.465 e. The summed E-state index contributed by atoms with van der Waals surface area (Å²) in [5.41, 5.74) is -1.00. The van der Waals surface area contributed by atoms with Gasteiger partial charge in [0.05, 0.1) is 27.4 Å². The van der Waals surface area contributed by atoms with E-state index in [1.54, 1.807) is 24.3 Å². The lowest BCUT2D eigenvalue weighted by molar-refractivity contribution is -0.137. The molecule has 2 aromatic rings. The molecule has 0 spiro atoms. The van der Waals surface area contributed by atoms with Gasteiger partial charge in [0, 0.05) is 0 Å². The molecule has 1 saturated heterocycles. The maximum atomic E-state index is 13.0. The number of rotatable bonds is 3. The van der Waals surface area contributed by atoms with E-state index in [4.69, 9.17) is 28.2 Å². The second kappa shape index (κ2) is 7.30. The van der Waals surface area contributed by atoms with Crippen molar-refractivity contribution in [3.8, 4) is 0 Å². The van der Waals surface area contributed by atoms with Crippen molar-refractivity contribution in [1.29, 1.82) is 0 Å². The summed E-state index contributed by atoms with van der Waals surface area (Å²) >= 11 is 11.8. The molecule has 1 aliphatic heterocycles. The van der Waals surface area contributed by atoms with Crippen LogP contribution in [-0.2, 0) is 11.0 Å². The number of thiocarbonyl (C=S) groups is 1. The highest BCUT2D eigenvalue weighted by atomic mass is 35.5. The summed E-state index contributed by atoms with van der Waals surface area (Å²) in [7, 11) is 0. The monoisotopic (exact) mass is 415 g/mol. The average molecular weight is 416 g/mol. The lowest BCUT2D eigenvalue weighted by atomic mass is 10.2. The zero-order chi connectivity index (χ0) is 18.9. The van der Waals surface area contributed by atoms with Crippen molar-refractivity contribution in [2.75, 3.05) is 4.90 Å². The molecule has 2 heterocycles. The highest BCUT2D eigenvalue weighted by Crippen LogP contribution is 2.40. The third-order valence-corrected chi connectivity index (χ3v) is 5.01. The minimum absolute atomic E-state index is 0.0163. The number of thioether (sulfide) groups is 1. The summed E-state index contributed by atoms with van der Waals surface area (Å²) in [6, 6.07) is 6.69. The van der Waals surface area contributed by atoms with Crippen LogP contribution in [0.3, 0.4) is 0 Å². The average Bonchev–Trinajstić information content (AvgIpc) is 3.16. The van der Waals surface area contributed by atoms with Crippen LogP contribution in [0.15, 0.2) is 58.1 Å². The Hall–Kier alpha value is -2.03. The molecule has 26 heavy (non-hydrogen) atoms. The summed E-state index contributed by atoms with van der Waals surface area (Å²) < 4.78 is 44.4. The van der Waals surface area contributed by atoms with Gasteiger partial charge in [-0.25, -0.2) is 0 Å². The number of benzene rings is 1. The predicted octanol–water partition coefficient (Wildman–Crippen LogP) is 5.91. The quantitative estimate of drug-likeness (QED) is 0.460. The lowest BCUT2D eigenvalue weighted by Crippen LogP contribution is -2.27. The Kier molecular flexibility index (Phi) is 5.27. The summed E-state index contributed by atoms with van der Waals surface area (Å²) in [6.45, 7) is 0. The third-order valence-electron chi connectivity index (χ3n) is 3.36. The zero-order valence-electron chi connectivity index (χ0n) is 12.8. The largest absolute Gasteiger partial charge is 0.465 e. The molecule has 1 aromatic heterocycles. The van der Waals surface area contributed by atoms with Crippen LogP contribution in [0.5, 0.6) is 0 Å². The number of allylic oxidation sites excluding steroid dienone is 2. The van der Waals surface area contributed by atoms with Gasteiger partial charge in [-0.05, 0) is 42.5 Å². The molecule has 0 bridgehead atoms. The molecule has 134 valence electrons. The van der Waals surface area contributed by atoms with Gasteiger partial charge in [-0.15, -0.1) is 0 Å². The molecule has 0 saturated carbocycles. The Morgan fingerprint density at radius 2 is 2.04 bits per heavy atom. The van der Waals surface area contributed by atoms with Crippen molar-refractivity contribution < 1.29 is 22.4 Å². The van der Waals surface area contributed by atoms with Gasteiger partial charge in [0.25, 0.3) is 5.91 Å². The van der Waals surface area contributed by atoms with Crippen LogP contribution in [0, 0.1) is 0 Å². The molecule has 0 N–H and O–H groups in total. The molecule has 3 rings (SSSR count). The number of halogens is 4. The Morgan fingerprint density at radius 3 is 2.69 bits per heavy atom. The van der Waals surface area contributed by atoms with Crippen LogP contribution in [-0.4, -0.2) is 10.2 Å². The van der Waals surface area contributed by atoms with Crippen LogP contribution < -0.4 is 4.90 Å². The first-order valence-electron chi connectivity index (χ1n) is 7.12. The lowest BCUT2D eigenvalue weighted by Gasteiger charge is -2.17. The number of nitrogens with zero attached hydrogens (tertiary/aromatic N) is 1. The predicted molar refractivity (Wildman–Crippen MR) is 100.0 cm³/mol. The maximum absolute atomic E-state index is 13.0. The molecule has 3 nitrogen and oxygen atoms in total. The van der Waals surface area contributed by atoms with Gasteiger partial charge >= 0.3 is 6.18 Å². The number of anilines is 1. The van der Waals surface area contributed by atoms with Crippen molar-refractivity contribution >= 4 is 57.6 Å². The van der Waals surface area contributed by atoms with E-state index < -0.39 is 22.7 Å². The van der Waals surface area contributed by atoms with Gasteiger partial charge in [-0.1, -0.05) is 41.7 Å². The van der Waals surface area contributed by atoms with Gasteiger partial charge in [-0.2, -0.15) is 13.2 Å². The molecule has 1 aliphatic rings. The van der Waals surface area contributed by atoms with E-state index in [0.29, 0.717) is 10.7 Å². The number of hydrogen-bond acceptors (Lipinski definition) is 4. The van der Waals surface area contributed by atoms with Crippen molar-refractivity contribution in [3.05, 3.63) is 70.0 Å². The second-order valence-electron chi connectivity index (χ2n) is 5.08. The number of hydrogen-bond donors (Lipinski definition) is 0. The van der Waals surface area contributed by atoms with Gasteiger partial charge in [0.1, 0.15) is 5.76 Å². The Labute approximate surface area is 161 Å². The normalized spacial score (nSPS) is 17.1. The molecule has 9 heteroatoms. The van der Waals surface area contributed by atoms with E-state index in [-0.39, 0.29) is 10.0 Å². The number of carbonyl (C=O) groups is 1. The number of alkyl halides is 3. The number of amides is 1. The van der Waals surface area contributed by atoms with Crippen LogP contribution in [0.2, 0.25) is 5.02 Å². The van der Waals surface area contributed by atoms with Crippen molar-refractivity contribution in [1.82, 2.24) is 0 Å². The highest BCUT2D eigenvalue weighted by molar-refractivity contribution is 8.27. The third kappa shape index (κ3) is 3.87. The van der Waals surface area contributed by atoms with Crippen LogP contribution in [0.1, 0.15) is 11.3 Å². The maximum Gasteiger partial charge on any atom is 0.417 e. The molecule has 0 atom stereocenters. The second-order valence-corrected chi connectivity index (χ2v) is 7.16. The molecule has 0 unspecified atom stereocenters. The van der Waals surface area contributed by atoms with Crippen LogP contribution in [0.4, 0.5) is 18.9 Å². The van der Waals surface area contributed by atoms with E-state index >= 15 is 0 Å². The Balaban J connectivity index is 1.88. The number of carbonyl (C=O) groups excluding carboxylic acids is 1. The molecule has 0 radical (unpaired) electrons. The van der Waals surface area contributed by atoms with Crippen LogP contribution in [0.25, 0.3) is 6.08 Å². The van der Waals surface area contributed by atoms with Gasteiger partial charge in [-0.3, -0.25) is 9.69 Å². The minimum atomic E-state index is -4.63. The van der Waals surface area contributed by atoms with E-state index in [0.717, 1.165) is 28.8 Å². The van der Waals surface area contributed by atoms with Gasteiger partial charge < -0.3 is 4.42 Å². The van der Waals surface area contributed by atoms with Crippen molar-refractivity contribution in [3.63, 3.8) is 0 Å². The smallest absolute Gasteiger partial charge is 0.417 e. The zero-order valence-corrected chi connectivity index (χ0v) is 15.2. The highest BCUT2D eigenvalue weighted by Gasteiger charge is 2.37. The first-order valence-corrected chi connectivity index (χ1v) is 8.72. The van der Waals surface area contributed by atoms with Crippen molar-refractivity contribution in [2.45, 2.75) is 6.18 Å². The first kappa shape index (κ1) is 18.8. The van der Waals surface area contributed by atoms with Gasteiger partial charge in [0.2, 0.25) is 0 Å². The fourth-order valence-corrected chi connectivity index (χ4v) is 3.67. The molecule has 1 amide bonds. The topological polar surface area (TPSA) is 33.5 Å². The molecule has 1 fully saturated rings. The fraction of sp³-hybridized carbons (Fsp3) is 0.0588. The van der Waals surface area contributed by atoms with Crippen molar-refractivity contribution in [2.24, 2.45) is 0 Å². The van der Waals surface area contributed by atoms with Crippen LogP contribution >= 0.6 is 35.6 Å². The van der Waals surface area contributed by atoms with E-state index in [9.17, 15) is 18.0 Å². The SMILES string of the molecule is O=C1/C(=C/C=C/c2ccco2)SC(=S)N1c1ccc(Cl)c(C(F)(F)F)c1. The molecular weight excluding hydrogens is 407 g/mol. The van der Waals surface area contributed by atoms with E-state index in [1.165, 1.54) is 18.4 Å². The summed E-state index contributed by atoms with van der Waals surface area (Å²) in [5.74, 6) is 0.101.